The van der Waals surface area contributed by atoms with Gasteiger partial charge in [-0.25, -0.2) is 0 Å². The van der Waals surface area contributed by atoms with Crippen molar-refractivity contribution in [2.75, 3.05) is 0 Å². The summed E-state index contributed by atoms with van der Waals surface area (Å²) in [5, 5.41) is 17.5. The zero-order valence-corrected chi connectivity index (χ0v) is 10.4. The van der Waals surface area contributed by atoms with Crippen LogP contribution in [0.5, 0.6) is 0 Å². The fourth-order valence-corrected chi connectivity index (χ4v) is 2.54. The molecule has 0 unspecified atom stereocenters. The third-order valence-electron chi connectivity index (χ3n) is 2.11. The first-order chi connectivity index (χ1) is 7.08. The number of hydrogen-bond donors (Lipinski definition) is 1. The smallest absolute Gasteiger partial charge is 0.307 e. The summed E-state index contributed by atoms with van der Waals surface area (Å²) in [7, 11) is 0. The van der Waals surface area contributed by atoms with Crippen LogP contribution in [0.2, 0.25) is 0 Å². The second kappa shape index (κ2) is 5.12. The topological polar surface area (TPSA) is 61.1 Å². The second-order valence-corrected chi connectivity index (χ2v) is 4.29. The predicted octanol–water partition coefficient (Wildman–Crippen LogP) is 2.35. The molecule has 0 bridgehead atoms. The van der Waals surface area contributed by atoms with Crippen molar-refractivity contribution in [3.63, 3.8) is 0 Å². The van der Waals surface area contributed by atoms with E-state index in [1.54, 1.807) is 12.1 Å². The first-order valence-electron chi connectivity index (χ1n) is 4.51. The van der Waals surface area contributed by atoms with Gasteiger partial charge in [0.05, 0.1) is 18.1 Å². The van der Waals surface area contributed by atoms with Crippen LogP contribution in [0.15, 0.2) is 12.1 Å². The summed E-state index contributed by atoms with van der Waals surface area (Å²) in [5.41, 5.74) is 2.29. The summed E-state index contributed by atoms with van der Waals surface area (Å²) in [4.78, 5) is 10.7. The molecular formula is C11H10INO2. The summed E-state index contributed by atoms with van der Waals surface area (Å²) < 4.78 is 0.963. The highest BCUT2D eigenvalue weighted by molar-refractivity contribution is 14.1. The van der Waals surface area contributed by atoms with Crippen LogP contribution in [0.3, 0.4) is 0 Å². The van der Waals surface area contributed by atoms with Crippen LogP contribution >= 0.6 is 22.6 Å². The van der Waals surface area contributed by atoms with Gasteiger partial charge >= 0.3 is 5.97 Å². The molecule has 0 atom stereocenters. The van der Waals surface area contributed by atoms with Crippen LogP contribution in [0, 0.1) is 14.9 Å². The monoisotopic (exact) mass is 315 g/mol. The quantitative estimate of drug-likeness (QED) is 0.871. The van der Waals surface area contributed by atoms with E-state index in [2.05, 4.69) is 22.6 Å². The van der Waals surface area contributed by atoms with Gasteiger partial charge in [-0.2, -0.15) is 5.26 Å². The van der Waals surface area contributed by atoms with Crippen LogP contribution in [0.1, 0.15) is 23.6 Å². The molecule has 0 spiro atoms. The number of carboxylic acids is 1. The highest BCUT2D eigenvalue weighted by Crippen LogP contribution is 2.20. The average molecular weight is 315 g/mol. The maximum absolute atomic E-state index is 10.7. The number of nitrogens with zero attached hydrogens (tertiary/aromatic N) is 1. The van der Waals surface area contributed by atoms with Crippen molar-refractivity contribution in [2.45, 2.75) is 19.8 Å². The van der Waals surface area contributed by atoms with Crippen molar-refractivity contribution >= 4 is 28.6 Å². The molecule has 3 nitrogen and oxygen atoms in total. The van der Waals surface area contributed by atoms with E-state index >= 15 is 0 Å². The lowest BCUT2D eigenvalue weighted by Gasteiger charge is -2.08. The minimum absolute atomic E-state index is 0.0192. The molecule has 0 aliphatic rings. The lowest BCUT2D eigenvalue weighted by molar-refractivity contribution is -0.136. The van der Waals surface area contributed by atoms with Crippen molar-refractivity contribution in [2.24, 2.45) is 0 Å². The third kappa shape index (κ3) is 2.93. The van der Waals surface area contributed by atoms with E-state index in [4.69, 9.17) is 10.4 Å². The Labute approximate surface area is 102 Å². The Hall–Kier alpha value is -1.09. The molecule has 0 saturated carbocycles. The molecule has 0 heterocycles. The summed E-state index contributed by atoms with van der Waals surface area (Å²) in [6.07, 6.45) is 0.765. The van der Waals surface area contributed by atoms with Crippen LogP contribution < -0.4 is 0 Å². The van der Waals surface area contributed by atoms with E-state index in [9.17, 15) is 4.79 Å². The second-order valence-electron chi connectivity index (χ2n) is 3.13. The first kappa shape index (κ1) is 12.0. The van der Waals surface area contributed by atoms with Gasteiger partial charge in [-0.05, 0) is 52.3 Å². The molecule has 1 aromatic carbocycles. The number of aliphatic carboxylic acids is 1. The molecule has 15 heavy (non-hydrogen) atoms. The minimum atomic E-state index is -0.865. The van der Waals surface area contributed by atoms with Gasteiger partial charge < -0.3 is 5.11 Å². The normalized spacial score (nSPS) is 9.67. The van der Waals surface area contributed by atoms with E-state index in [0.717, 1.165) is 21.1 Å². The molecule has 1 aromatic rings. The van der Waals surface area contributed by atoms with Crippen LogP contribution in [-0.2, 0) is 17.6 Å². The molecule has 1 N–H and O–H groups in total. The van der Waals surface area contributed by atoms with Gasteiger partial charge in [0.25, 0.3) is 0 Å². The molecule has 0 fully saturated rings. The molecule has 0 saturated heterocycles. The Morgan fingerprint density at radius 2 is 2.27 bits per heavy atom. The van der Waals surface area contributed by atoms with Gasteiger partial charge in [-0.15, -0.1) is 0 Å². The van der Waals surface area contributed by atoms with Gasteiger partial charge in [-0.1, -0.05) is 6.92 Å². The fourth-order valence-electron chi connectivity index (χ4n) is 1.47. The van der Waals surface area contributed by atoms with Gasteiger partial charge in [-0.3, -0.25) is 4.79 Å². The molecule has 0 radical (unpaired) electrons. The zero-order valence-electron chi connectivity index (χ0n) is 8.25. The molecule has 1 rings (SSSR count). The number of carboxylic acid groups (broad SMARTS) is 1. The Morgan fingerprint density at radius 1 is 1.60 bits per heavy atom. The number of carbonyl (C=O) groups is 1. The number of halogens is 1. The minimum Gasteiger partial charge on any atom is -0.481 e. The maximum Gasteiger partial charge on any atom is 0.307 e. The molecule has 0 aromatic heterocycles. The van der Waals surface area contributed by atoms with Crippen LogP contribution in [0.4, 0.5) is 0 Å². The molecule has 0 amide bonds. The van der Waals surface area contributed by atoms with Gasteiger partial charge in [0, 0.05) is 3.57 Å². The van der Waals surface area contributed by atoms with E-state index in [-0.39, 0.29) is 6.42 Å². The van der Waals surface area contributed by atoms with Gasteiger partial charge in [0.2, 0.25) is 0 Å². The predicted molar refractivity (Wildman–Crippen MR) is 64.6 cm³/mol. The Morgan fingerprint density at radius 3 is 2.73 bits per heavy atom. The summed E-state index contributed by atoms with van der Waals surface area (Å²) in [6, 6.07) is 5.48. The van der Waals surface area contributed by atoms with Crippen molar-refractivity contribution < 1.29 is 9.90 Å². The number of benzene rings is 1. The molecule has 4 heteroatoms. The summed E-state index contributed by atoms with van der Waals surface area (Å²) >= 11 is 2.14. The number of nitriles is 1. The highest BCUT2D eigenvalue weighted by Gasteiger charge is 2.10. The van der Waals surface area contributed by atoms with Crippen molar-refractivity contribution in [3.8, 4) is 6.07 Å². The first-order valence-corrected chi connectivity index (χ1v) is 5.59. The van der Waals surface area contributed by atoms with Gasteiger partial charge in [0.15, 0.2) is 0 Å². The summed E-state index contributed by atoms with van der Waals surface area (Å²) in [6.45, 7) is 1.98. The summed E-state index contributed by atoms with van der Waals surface area (Å²) in [5.74, 6) is -0.865. The van der Waals surface area contributed by atoms with E-state index in [1.807, 2.05) is 13.0 Å². The third-order valence-corrected chi connectivity index (χ3v) is 3.07. The van der Waals surface area contributed by atoms with Crippen LogP contribution in [0.25, 0.3) is 0 Å². The molecular weight excluding hydrogens is 305 g/mol. The van der Waals surface area contributed by atoms with Crippen molar-refractivity contribution in [1.29, 1.82) is 5.26 Å². The fraction of sp³-hybridized carbons (Fsp3) is 0.273. The number of hydrogen-bond acceptors (Lipinski definition) is 2. The molecule has 0 aliphatic carbocycles. The van der Waals surface area contributed by atoms with Gasteiger partial charge in [0.1, 0.15) is 0 Å². The molecule has 0 aliphatic heterocycles. The highest BCUT2D eigenvalue weighted by atomic mass is 127. The Bertz CT molecular complexity index is 435. The van der Waals surface area contributed by atoms with E-state index in [0.29, 0.717) is 5.56 Å². The number of rotatable bonds is 3. The standard InChI is InChI=1S/C11H10INO2/c1-2-9-8(5-11(14)15)3-7(6-13)4-10(9)12/h3-4H,2,5H2,1H3,(H,14,15). The largest absolute Gasteiger partial charge is 0.481 e. The molecule has 78 valence electrons. The lowest BCUT2D eigenvalue weighted by Crippen LogP contribution is -2.05. The lowest BCUT2D eigenvalue weighted by atomic mass is 10.00. The Balaban J connectivity index is 3.27. The zero-order chi connectivity index (χ0) is 11.4. The van der Waals surface area contributed by atoms with Crippen LogP contribution in [-0.4, -0.2) is 11.1 Å². The maximum atomic E-state index is 10.7. The van der Waals surface area contributed by atoms with Crippen molar-refractivity contribution in [1.82, 2.24) is 0 Å². The van der Waals surface area contributed by atoms with E-state index in [1.165, 1.54) is 0 Å². The SMILES string of the molecule is CCc1c(I)cc(C#N)cc1CC(=O)O. The Kier molecular flexibility index (Phi) is 4.09. The van der Waals surface area contributed by atoms with Crippen molar-refractivity contribution in [3.05, 3.63) is 32.4 Å². The van der Waals surface area contributed by atoms with E-state index < -0.39 is 5.97 Å². The average Bonchev–Trinajstić information content (AvgIpc) is 2.16.